The largest absolute Gasteiger partial charge is 0.326 e. The standard InChI is InChI=1S/C11H13ClN2O2/c1-7(15)13-10-4-3-9(6-12)11(5-10)14-8(2)16/h3-5H,6H2,1-2H3,(H,13,15)(H,14,16). The lowest BCUT2D eigenvalue weighted by Gasteiger charge is -2.10. The Kier molecular flexibility index (Phi) is 4.31. The lowest BCUT2D eigenvalue weighted by atomic mass is 10.1. The zero-order valence-electron chi connectivity index (χ0n) is 9.13. The van der Waals surface area contributed by atoms with Crippen LogP contribution < -0.4 is 10.6 Å². The van der Waals surface area contributed by atoms with Gasteiger partial charge >= 0.3 is 0 Å². The SMILES string of the molecule is CC(=O)Nc1ccc(CCl)c(NC(C)=O)c1. The maximum absolute atomic E-state index is 11.0. The molecule has 0 saturated heterocycles. The fraction of sp³-hybridized carbons (Fsp3) is 0.273. The molecule has 0 heterocycles. The van der Waals surface area contributed by atoms with E-state index in [1.54, 1.807) is 18.2 Å². The van der Waals surface area contributed by atoms with Gasteiger partial charge in [-0.15, -0.1) is 11.6 Å². The summed E-state index contributed by atoms with van der Waals surface area (Å²) in [5.41, 5.74) is 2.06. The molecule has 0 aliphatic carbocycles. The van der Waals surface area contributed by atoms with Crippen molar-refractivity contribution in [2.45, 2.75) is 19.7 Å². The lowest BCUT2D eigenvalue weighted by Crippen LogP contribution is -2.10. The molecular formula is C11H13ClN2O2. The number of nitrogens with one attached hydrogen (secondary N) is 2. The predicted molar refractivity (Wildman–Crippen MR) is 64.6 cm³/mol. The van der Waals surface area contributed by atoms with Crippen molar-refractivity contribution in [2.24, 2.45) is 0 Å². The van der Waals surface area contributed by atoms with E-state index in [-0.39, 0.29) is 11.8 Å². The van der Waals surface area contributed by atoms with Crippen molar-refractivity contribution >= 4 is 34.8 Å². The zero-order valence-corrected chi connectivity index (χ0v) is 9.89. The van der Waals surface area contributed by atoms with E-state index in [9.17, 15) is 9.59 Å². The van der Waals surface area contributed by atoms with Gasteiger partial charge in [-0.05, 0) is 17.7 Å². The number of carbonyl (C=O) groups is 2. The van der Waals surface area contributed by atoms with E-state index >= 15 is 0 Å². The molecule has 0 spiro atoms. The van der Waals surface area contributed by atoms with Crippen LogP contribution in [0.25, 0.3) is 0 Å². The van der Waals surface area contributed by atoms with Crippen LogP contribution in [0.15, 0.2) is 18.2 Å². The van der Waals surface area contributed by atoms with Crippen molar-refractivity contribution in [3.63, 3.8) is 0 Å². The van der Waals surface area contributed by atoms with Gasteiger partial charge in [0.1, 0.15) is 0 Å². The minimum atomic E-state index is -0.175. The van der Waals surface area contributed by atoms with Crippen LogP contribution in [0.3, 0.4) is 0 Å². The molecule has 0 unspecified atom stereocenters. The van der Waals surface area contributed by atoms with Crippen LogP contribution in [-0.4, -0.2) is 11.8 Å². The Bertz CT molecular complexity index is 418. The van der Waals surface area contributed by atoms with Crippen LogP contribution in [0.4, 0.5) is 11.4 Å². The van der Waals surface area contributed by atoms with Crippen LogP contribution in [-0.2, 0) is 15.5 Å². The molecule has 0 aliphatic heterocycles. The minimum absolute atomic E-state index is 0.160. The van der Waals surface area contributed by atoms with Gasteiger partial charge in [0, 0.05) is 31.1 Å². The van der Waals surface area contributed by atoms with Gasteiger partial charge in [0.25, 0.3) is 0 Å². The number of anilines is 2. The Morgan fingerprint density at radius 2 is 1.81 bits per heavy atom. The lowest BCUT2D eigenvalue weighted by molar-refractivity contribution is -0.115. The fourth-order valence-electron chi connectivity index (χ4n) is 1.28. The summed E-state index contributed by atoms with van der Waals surface area (Å²) < 4.78 is 0. The van der Waals surface area contributed by atoms with Gasteiger partial charge in [-0.25, -0.2) is 0 Å². The van der Waals surface area contributed by atoms with Crippen molar-refractivity contribution in [3.05, 3.63) is 23.8 Å². The Balaban J connectivity index is 3.00. The fourth-order valence-corrected chi connectivity index (χ4v) is 1.51. The quantitative estimate of drug-likeness (QED) is 0.797. The summed E-state index contributed by atoms with van der Waals surface area (Å²) in [6.45, 7) is 2.84. The normalized spacial score (nSPS) is 9.69. The highest BCUT2D eigenvalue weighted by molar-refractivity contribution is 6.17. The molecule has 0 aliphatic rings. The first-order chi connectivity index (χ1) is 7.52. The van der Waals surface area contributed by atoms with E-state index in [0.29, 0.717) is 17.3 Å². The molecule has 86 valence electrons. The first-order valence-corrected chi connectivity index (χ1v) is 5.30. The van der Waals surface area contributed by atoms with E-state index in [2.05, 4.69) is 10.6 Å². The van der Waals surface area contributed by atoms with Crippen molar-refractivity contribution in [1.29, 1.82) is 0 Å². The third-order valence-electron chi connectivity index (χ3n) is 1.88. The van der Waals surface area contributed by atoms with Gasteiger partial charge in [-0.2, -0.15) is 0 Å². The highest BCUT2D eigenvalue weighted by Crippen LogP contribution is 2.22. The average Bonchev–Trinajstić information content (AvgIpc) is 2.16. The average molecular weight is 241 g/mol. The topological polar surface area (TPSA) is 58.2 Å². The Labute approximate surface area is 99.0 Å². The molecule has 2 amide bonds. The second kappa shape index (κ2) is 5.51. The molecule has 1 aromatic rings. The molecule has 16 heavy (non-hydrogen) atoms. The monoisotopic (exact) mass is 240 g/mol. The number of alkyl halides is 1. The molecule has 2 N–H and O–H groups in total. The molecule has 0 fully saturated rings. The number of benzene rings is 1. The van der Waals surface area contributed by atoms with E-state index in [1.807, 2.05) is 0 Å². The molecule has 1 rings (SSSR count). The van der Waals surface area contributed by atoms with Crippen molar-refractivity contribution < 1.29 is 9.59 Å². The molecule has 0 atom stereocenters. The summed E-state index contributed by atoms with van der Waals surface area (Å²) in [7, 11) is 0. The summed E-state index contributed by atoms with van der Waals surface area (Å²) in [6, 6.07) is 5.19. The van der Waals surface area contributed by atoms with E-state index < -0.39 is 0 Å². The molecule has 5 heteroatoms. The number of amides is 2. The summed E-state index contributed by atoms with van der Waals surface area (Å²) in [5.74, 6) is -0.0329. The van der Waals surface area contributed by atoms with Crippen LogP contribution in [0, 0.1) is 0 Å². The summed E-state index contributed by atoms with van der Waals surface area (Å²) in [4.78, 5) is 21.8. The number of halogens is 1. The number of carbonyl (C=O) groups excluding carboxylic acids is 2. The molecule has 0 bridgehead atoms. The summed E-state index contributed by atoms with van der Waals surface area (Å²) in [5, 5.41) is 5.30. The van der Waals surface area contributed by atoms with Crippen LogP contribution in [0.2, 0.25) is 0 Å². The zero-order chi connectivity index (χ0) is 12.1. The summed E-state index contributed by atoms with van der Waals surface area (Å²) >= 11 is 5.73. The first-order valence-electron chi connectivity index (χ1n) is 4.77. The van der Waals surface area contributed by atoms with E-state index in [1.165, 1.54) is 13.8 Å². The number of rotatable bonds is 3. The van der Waals surface area contributed by atoms with E-state index in [4.69, 9.17) is 11.6 Å². The predicted octanol–water partition coefficient (Wildman–Crippen LogP) is 2.34. The van der Waals surface area contributed by atoms with Gasteiger partial charge in [0.2, 0.25) is 11.8 Å². The Morgan fingerprint density at radius 1 is 1.19 bits per heavy atom. The van der Waals surface area contributed by atoms with Gasteiger partial charge in [-0.1, -0.05) is 6.07 Å². The van der Waals surface area contributed by atoms with Gasteiger partial charge in [0.15, 0.2) is 0 Å². The Hall–Kier alpha value is -1.55. The molecule has 4 nitrogen and oxygen atoms in total. The number of hydrogen-bond acceptors (Lipinski definition) is 2. The highest BCUT2D eigenvalue weighted by Gasteiger charge is 2.05. The van der Waals surface area contributed by atoms with Crippen molar-refractivity contribution in [3.8, 4) is 0 Å². The molecule has 0 aromatic heterocycles. The maximum Gasteiger partial charge on any atom is 0.221 e. The van der Waals surface area contributed by atoms with Crippen LogP contribution >= 0.6 is 11.6 Å². The minimum Gasteiger partial charge on any atom is -0.326 e. The van der Waals surface area contributed by atoms with Crippen molar-refractivity contribution in [1.82, 2.24) is 0 Å². The highest BCUT2D eigenvalue weighted by atomic mass is 35.5. The van der Waals surface area contributed by atoms with Gasteiger partial charge in [-0.3, -0.25) is 9.59 Å². The van der Waals surface area contributed by atoms with Gasteiger partial charge in [0.05, 0.1) is 0 Å². The maximum atomic E-state index is 11.0. The third kappa shape index (κ3) is 3.55. The van der Waals surface area contributed by atoms with Crippen LogP contribution in [0.1, 0.15) is 19.4 Å². The molecule has 0 saturated carbocycles. The number of hydrogen-bond donors (Lipinski definition) is 2. The van der Waals surface area contributed by atoms with Crippen LogP contribution in [0.5, 0.6) is 0 Å². The Morgan fingerprint density at radius 3 is 2.31 bits per heavy atom. The van der Waals surface area contributed by atoms with Gasteiger partial charge < -0.3 is 10.6 Å². The second-order valence-electron chi connectivity index (χ2n) is 3.37. The smallest absolute Gasteiger partial charge is 0.221 e. The second-order valence-corrected chi connectivity index (χ2v) is 3.64. The van der Waals surface area contributed by atoms with E-state index in [0.717, 1.165) is 5.56 Å². The molecular weight excluding hydrogens is 228 g/mol. The first kappa shape index (κ1) is 12.5. The molecule has 1 aromatic carbocycles. The third-order valence-corrected chi connectivity index (χ3v) is 2.17. The summed E-state index contributed by atoms with van der Waals surface area (Å²) in [6.07, 6.45) is 0. The molecule has 0 radical (unpaired) electrons. The van der Waals surface area contributed by atoms with Crippen molar-refractivity contribution in [2.75, 3.05) is 10.6 Å².